The van der Waals surface area contributed by atoms with Crippen molar-refractivity contribution in [1.82, 2.24) is 35.3 Å². The average molecular weight is 470 g/mol. The summed E-state index contributed by atoms with van der Waals surface area (Å²) in [6, 6.07) is 9.18. The molecule has 178 valence electrons. The topological polar surface area (TPSA) is 131 Å². The molecule has 1 aromatic carbocycles. The van der Waals surface area contributed by atoms with Crippen LogP contribution in [0.1, 0.15) is 30.9 Å². The molecule has 1 saturated heterocycles. The lowest BCUT2D eigenvalue weighted by Gasteiger charge is -2.32. The van der Waals surface area contributed by atoms with Crippen LogP contribution >= 0.6 is 0 Å². The molecular weight excluding hydrogens is 442 g/mol. The van der Waals surface area contributed by atoms with Crippen molar-refractivity contribution in [1.29, 1.82) is 0 Å². The Bertz CT molecular complexity index is 1390. The Balaban J connectivity index is 1.21. The lowest BCUT2D eigenvalue weighted by Crippen LogP contribution is -2.36. The van der Waals surface area contributed by atoms with E-state index in [0.717, 1.165) is 62.5 Å². The summed E-state index contributed by atoms with van der Waals surface area (Å²) in [7, 11) is 0. The third-order valence-corrected chi connectivity index (χ3v) is 6.82. The van der Waals surface area contributed by atoms with Crippen LogP contribution in [0.3, 0.4) is 0 Å². The van der Waals surface area contributed by atoms with Crippen molar-refractivity contribution < 1.29 is 5.11 Å². The lowest BCUT2D eigenvalue weighted by atomic mass is 10.0. The van der Waals surface area contributed by atoms with Gasteiger partial charge in [-0.3, -0.25) is 4.68 Å². The van der Waals surface area contributed by atoms with Gasteiger partial charge < -0.3 is 21.1 Å². The number of hydrogen-bond acceptors (Lipinski definition) is 9. The zero-order valence-electron chi connectivity index (χ0n) is 19.3. The summed E-state index contributed by atoms with van der Waals surface area (Å²) in [6.45, 7) is 3.54. The lowest BCUT2D eigenvalue weighted by molar-refractivity contribution is 0.375. The molecule has 35 heavy (non-hydrogen) atoms. The number of nitrogen functional groups attached to an aromatic ring is 1. The predicted octanol–water partition coefficient (Wildman–Crippen LogP) is 2.79. The highest BCUT2D eigenvalue weighted by Gasteiger charge is 2.26. The van der Waals surface area contributed by atoms with Crippen LogP contribution in [0.5, 0.6) is 5.75 Å². The van der Waals surface area contributed by atoms with E-state index in [1.165, 1.54) is 5.57 Å². The summed E-state index contributed by atoms with van der Waals surface area (Å²) in [4.78, 5) is 11.5. The number of benzene rings is 1. The molecule has 2 aliphatic rings. The maximum Gasteiger partial charge on any atom is 0.225 e. The van der Waals surface area contributed by atoms with Crippen LogP contribution < -0.4 is 16.0 Å². The molecule has 2 aliphatic heterocycles. The fourth-order valence-electron chi connectivity index (χ4n) is 4.90. The Hall–Kier alpha value is -4.05. The molecule has 10 nitrogen and oxygen atoms in total. The number of piperidine rings is 1. The number of hydrogen-bond donors (Lipinski definition) is 3. The number of para-hydroxylation sites is 1. The molecule has 0 unspecified atom stereocenters. The molecule has 3 aromatic heterocycles. The van der Waals surface area contributed by atoms with Crippen LogP contribution in [-0.4, -0.2) is 61.2 Å². The van der Waals surface area contributed by atoms with E-state index < -0.39 is 0 Å². The first-order valence-corrected chi connectivity index (χ1v) is 11.9. The number of nitrogens with zero attached hydrogens (tertiary/aromatic N) is 7. The third kappa shape index (κ3) is 4.06. The Morgan fingerprint density at radius 1 is 1.06 bits per heavy atom. The molecule has 0 bridgehead atoms. The average Bonchev–Trinajstić information content (AvgIpc) is 3.25. The highest BCUT2D eigenvalue weighted by atomic mass is 16.3. The van der Waals surface area contributed by atoms with Gasteiger partial charge in [0.15, 0.2) is 11.3 Å². The molecule has 0 spiro atoms. The largest absolute Gasteiger partial charge is 0.507 e. The van der Waals surface area contributed by atoms with E-state index in [0.29, 0.717) is 22.6 Å². The van der Waals surface area contributed by atoms with E-state index in [-0.39, 0.29) is 11.8 Å². The van der Waals surface area contributed by atoms with Crippen LogP contribution in [0.25, 0.3) is 27.9 Å². The Morgan fingerprint density at radius 2 is 1.86 bits per heavy atom. The summed E-state index contributed by atoms with van der Waals surface area (Å²) >= 11 is 0. The number of fused-ring (bicyclic) bond motifs is 1. The molecule has 4 N–H and O–H groups in total. The number of rotatable bonds is 4. The van der Waals surface area contributed by atoms with Gasteiger partial charge >= 0.3 is 0 Å². The molecule has 0 atom stereocenters. The van der Waals surface area contributed by atoms with Crippen molar-refractivity contribution >= 4 is 28.4 Å². The summed E-state index contributed by atoms with van der Waals surface area (Å²) in [5.74, 6) is 1.29. The van der Waals surface area contributed by atoms with Gasteiger partial charge in [0.25, 0.3) is 0 Å². The van der Waals surface area contributed by atoms with Gasteiger partial charge in [-0.05, 0) is 49.6 Å². The van der Waals surface area contributed by atoms with Gasteiger partial charge in [-0.1, -0.05) is 18.2 Å². The van der Waals surface area contributed by atoms with Crippen molar-refractivity contribution in [2.75, 3.05) is 36.8 Å². The van der Waals surface area contributed by atoms with E-state index in [1.807, 2.05) is 35.3 Å². The molecule has 0 radical (unpaired) electrons. The molecule has 5 heterocycles. The summed E-state index contributed by atoms with van der Waals surface area (Å²) in [5.41, 5.74) is 11.2. The van der Waals surface area contributed by atoms with E-state index in [2.05, 4.69) is 41.6 Å². The Morgan fingerprint density at radius 3 is 2.60 bits per heavy atom. The van der Waals surface area contributed by atoms with Crippen molar-refractivity contribution in [2.24, 2.45) is 0 Å². The van der Waals surface area contributed by atoms with Crippen LogP contribution in [0, 0.1) is 0 Å². The molecule has 10 heteroatoms. The highest BCUT2D eigenvalue weighted by molar-refractivity contribution is 5.87. The van der Waals surface area contributed by atoms with Crippen molar-refractivity contribution in [3.8, 4) is 17.0 Å². The number of anilines is 2. The maximum absolute atomic E-state index is 10.2. The van der Waals surface area contributed by atoms with Gasteiger partial charge in [-0.15, -0.1) is 10.2 Å². The summed E-state index contributed by atoms with van der Waals surface area (Å²) in [5, 5.41) is 26.8. The van der Waals surface area contributed by atoms with Crippen LogP contribution in [0.2, 0.25) is 0 Å². The Kier molecular flexibility index (Phi) is 5.49. The van der Waals surface area contributed by atoms with Crippen molar-refractivity contribution in [2.45, 2.75) is 25.3 Å². The van der Waals surface area contributed by atoms with E-state index >= 15 is 0 Å². The molecule has 1 fully saturated rings. The van der Waals surface area contributed by atoms with Crippen LogP contribution in [0.4, 0.5) is 11.8 Å². The van der Waals surface area contributed by atoms with E-state index in [4.69, 9.17) is 5.73 Å². The SMILES string of the molecule is Nc1nn(C2CCN(c3ncc(C4=CCNCC4)cn3)CC2)c2cc(-c3ccccc3O)nnc12. The second-order valence-electron chi connectivity index (χ2n) is 8.98. The molecule has 0 saturated carbocycles. The molecule has 0 aliphatic carbocycles. The maximum atomic E-state index is 10.2. The molecule has 6 rings (SSSR count). The van der Waals surface area contributed by atoms with Gasteiger partial charge in [0, 0.05) is 43.2 Å². The minimum absolute atomic E-state index is 0.163. The van der Waals surface area contributed by atoms with Gasteiger partial charge in [0.05, 0.1) is 17.3 Å². The number of aromatic hydroxyl groups is 1. The van der Waals surface area contributed by atoms with Gasteiger partial charge in [-0.2, -0.15) is 5.10 Å². The van der Waals surface area contributed by atoms with E-state index in [9.17, 15) is 5.11 Å². The fourth-order valence-corrected chi connectivity index (χ4v) is 4.90. The minimum Gasteiger partial charge on any atom is -0.507 e. The number of nitrogens with two attached hydrogens (primary N) is 1. The monoisotopic (exact) mass is 469 g/mol. The standard InChI is InChI=1S/C25H27N9O/c26-24-23-21(13-20(30-31-23)19-3-1-2-4-22(19)35)34(32-24)18-7-11-33(12-8-18)25-28-14-17(15-29-25)16-5-9-27-10-6-16/h1-5,13-15,18,27,35H,6-12H2,(H2,26,32). The normalized spacial score (nSPS) is 17.0. The fraction of sp³-hybridized carbons (Fsp3) is 0.320. The second kappa shape index (κ2) is 8.95. The minimum atomic E-state index is 0.163. The summed E-state index contributed by atoms with van der Waals surface area (Å²) < 4.78 is 1.97. The third-order valence-electron chi connectivity index (χ3n) is 6.82. The number of phenols is 1. The second-order valence-corrected chi connectivity index (χ2v) is 8.98. The number of phenolic OH excluding ortho intramolecular Hbond substituents is 1. The Labute approximate surface area is 202 Å². The first-order valence-electron chi connectivity index (χ1n) is 11.9. The summed E-state index contributed by atoms with van der Waals surface area (Å²) in [6.07, 6.45) is 8.85. The highest BCUT2D eigenvalue weighted by Crippen LogP contribution is 2.33. The van der Waals surface area contributed by atoms with Crippen LogP contribution in [-0.2, 0) is 0 Å². The van der Waals surface area contributed by atoms with Gasteiger partial charge in [-0.25, -0.2) is 9.97 Å². The first kappa shape index (κ1) is 21.5. The van der Waals surface area contributed by atoms with Crippen molar-refractivity contribution in [3.63, 3.8) is 0 Å². The smallest absolute Gasteiger partial charge is 0.225 e. The predicted molar refractivity (Wildman–Crippen MR) is 135 cm³/mol. The zero-order chi connectivity index (χ0) is 23.8. The molecule has 0 amide bonds. The van der Waals surface area contributed by atoms with E-state index in [1.54, 1.807) is 12.1 Å². The molecule has 4 aromatic rings. The van der Waals surface area contributed by atoms with Crippen molar-refractivity contribution in [3.05, 3.63) is 54.4 Å². The van der Waals surface area contributed by atoms with Gasteiger partial charge in [0.1, 0.15) is 5.75 Å². The van der Waals surface area contributed by atoms with Crippen LogP contribution in [0.15, 0.2) is 48.8 Å². The zero-order valence-corrected chi connectivity index (χ0v) is 19.3. The number of aromatic nitrogens is 6. The molecular formula is C25H27N9O. The van der Waals surface area contributed by atoms with Gasteiger partial charge in [0.2, 0.25) is 5.95 Å². The number of nitrogens with one attached hydrogen (secondary N) is 1. The first-order chi connectivity index (χ1) is 17.2. The quantitative estimate of drug-likeness (QED) is 0.413.